The predicted octanol–water partition coefficient (Wildman–Crippen LogP) is 0.766. The van der Waals surface area contributed by atoms with Gasteiger partial charge in [0.05, 0.1) is 18.7 Å². The Balaban J connectivity index is 2.38. The van der Waals surface area contributed by atoms with E-state index in [4.69, 9.17) is 9.84 Å². The van der Waals surface area contributed by atoms with Crippen LogP contribution in [0.25, 0.3) is 0 Å². The lowest BCUT2D eigenvalue weighted by molar-refractivity contribution is 0.111. The van der Waals surface area contributed by atoms with E-state index in [-0.39, 0.29) is 19.7 Å². The first-order valence-electron chi connectivity index (χ1n) is 4.75. The molecule has 0 bridgehead atoms. The van der Waals surface area contributed by atoms with Crippen LogP contribution in [0.4, 0.5) is 4.79 Å². The molecule has 0 saturated carbocycles. The standard InChI is InChI=1S/C10H10N2O4/c13-6-8-4-11-3-7-5-12(10(14)15)1-2-16-9(7)8/h3-4,6H,1-2,5H2,(H,14,15). The van der Waals surface area contributed by atoms with E-state index in [0.29, 0.717) is 23.2 Å². The first kappa shape index (κ1) is 10.4. The molecule has 6 nitrogen and oxygen atoms in total. The molecule has 0 atom stereocenters. The van der Waals surface area contributed by atoms with Gasteiger partial charge in [0, 0.05) is 18.0 Å². The maximum absolute atomic E-state index is 10.9. The number of aldehydes is 1. The molecule has 2 heterocycles. The Morgan fingerprint density at radius 3 is 3.06 bits per heavy atom. The quantitative estimate of drug-likeness (QED) is 0.710. The number of ether oxygens (including phenoxy) is 1. The van der Waals surface area contributed by atoms with Crippen molar-refractivity contribution in [1.82, 2.24) is 9.88 Å². The summed E-state index contributed by atoms with van der Waals surface area (Å²) in [5.74, 6) is 0.439. The number of hydrogen-bond donors (Lipinski definition) is 1. The summed E-state index contributed by atoms with van der Waals surface area (Å²) in [6.45, 7) is 0.714. The minimum atomic E-state index is -1.01. The van der Waals surface area contributed by atoms with E-state index >= 15 is 0 Å². The lowest BCUT2D eigenvalue weighted by atomic mass is 10.2. The van der Waals surface area contributed by atoms with Crippen LogP contribution in [0.2, 0.25) is 0 Å². The maximum atomic E-state index is 10.9. The topological polar surface area (TPSA) is 79.7 Å². The summed E-state index contributed by atoms with van der Waals surface area (Å²) in [5.41, 5.74) is 0.967. The molecule has 0 radical (unpaired) electrons. The highest BCUT2D eigenvalue weighted by Gasteiger charge is 2.21. The van der Waals surface area contributed by atoms with Crippen LogP contribution in [0.5, 0.6) is 5.75 Å². The molecule has 0 saturated heterocycles. The third-order valence-corrected chi connectivity index (χ3v) is 2.36. The molecule has 1 N–H and O–H groups in total. The van der Waals surface area contributed by atoms with Gasteiger partial charge >= 0.3 is 6.09 Å². The van der Waals surface area contributed by atoms with Crippen LogP contribution in [-0.4, -0.2) is 40.5 Å². The fraction of sp³-hybridized carbons (Fsp3) is 0.300. The molecule has 1 aliphatic heterocycles. The van der Waals surface area contributed by atoms with Gasteiger partial charge in [0.1, 0.15) is 12.4 Å². The van der Waals surface area contributed by atoms with Gasteiger partial charge in [-0.25, -0.2) is 4.79 Å². The Kier molecular flexibility index (Phi) is 2.72. The molecule has 6 heteroatoms. The van der Waals surface area contributed by atoms with E-state index in [1.54, 1.807) is 0 Å². The fourth-order valence-corrected chi connectivity index (χ4v) is 1.59. The highest BCUT2D eigenvalue weighted by atomic mass is 16.5. The second-order valence-corrected chi connectivity index (χ2v) is 3.39. The van der Waals surface area contributed by atoms with Crippen LogP contribution < -0.4 is 4.74 Å². The number of carbonyl (C=O) groups is 2. The monoisotopic (exact) mass is 222 g/mol. The zero-order chi connectivity index (χ0) is 11.5. The summed E-state index contributed by atoms with van der Waals surface area (Å²) in [4.78, 5) is 26.7. The van der Waals surface area contributed by atoms with E-state index in [1.165, 1.54) is 17.3 Å². The summed E-state index contributed by atoms with van der Waals surface area (Å²) in [7, 11) is 0. The van der Waals surface area contributed by atoms with Gasteiger partial charge in [-0.1, -0.05) is 0 Å². The van der Waals surface area contributed by atoms with Gasteiger partial charge in [0.15, 0.2) is 6.29 Å². The summed E-state index contributed by atoms with van der Waals surface area (Å²) in [6, 6.07) is 0. The Morgan fingerprint density at radius 1 is 1.56 bits per heavy atom. The van der Waals surface area contributed by atoms with Crippen LogP contribution in [0.1, 0.15) is 15.9 Å². The number of aromatic nitrogens is 1. The van der Waals surface area contributed by atoms with Crippen molar-refractivity contribution in [3.05, 3.63) is 23.5 Å². The predicted molar refractivity (Wildman–Crippen MR) is 53.6 cm³/mol. The zero-order valence-electron chi connectivity index (χ0n) is 8.42. The van der Waals surface area contributed by atoms with Crippen molar-refractivity contribution in [3.63, 3.8) is 0 Å². The van der Waals surface area contributed by atoms with Gasteiger partial charge in [-0.2, -0.15) is 0 Å². The first-order chi connectivity index (χ1) is 7.72. The van der Waals surface area contributed by atoms with Gasteiger partial charge in [0.25, 0.3) is 0 Å². The van der Waals surface area contributed by atoms with Gasteiger partial charge in [-0.05, 0) is 0 Å². The van der Waals surface area contributed by atoms with E-state index in [2.05, 4.69) is 4.98 Å². The van der Waals surface area contributed by atoms with Gasteiger partial charge in [-0.3, -0.25) is 9.78 Å². The number of hydrogen-bond acceptors (Lipinski definition) is 4. The van der Waals surface area contributed by atoms with Crippen LogP contribution in [0, 0.1) is 0 Å². The van der Waals surface area contributed by atoms with Crippen molar-refractivity contribution < 1.29 is 19.4 Å². The van der Waals surface area contributed by atoms with Crippen molar-refractivity contribution in [1.29, 1.82) is 0 Å². The molecule has 0 unspecified atom stereocenters. The molecule has 1 aliphatic rings. The fourth-order valence-electron chi connectivity index (χ4n) is 1.59. The molecular formula is C10H10N2O4. The number of pyridine rings is 1. The van der Waals surface area contributed by atoms with Crippen LogP contribution in [0.3, 0.4) is 0 Å². The average molecular weight is 222 g/mol. The molecule has 2 rings (SSSR count). The lowest BCUT2D eigenvalue weighted by Gasteiger charge is -2.14. The van der Waals surface area contributed by atoms with E-state index in [1.807, 2.05) is 0 Å². The molecule has 1 aromatic heterocycles. The highest BCUT2D eigenvalue weighted by Crippen LogP contribution is 2.25. The van der Waals surface area contributed by atoms with E-state index < -0.39 is 6.09 Å². The molecule has 0 spiro atoms. The summed E-state index contributed by atoms with van der Waals surface area (Å²) >= 11 is 0. The third-order valence-electron chi connectivity index (χ3n) is 2.36. The van der Waals surface area contributed by atoms with Crippen LogP contribution >= 0.6 is 0 Å². The average Bonchev–Trinajstić information content (AvgIpc) is 2.50. The summed E-state index contributed by atoms with van der Waals surface area (Å²) < 4.78 is 5.37. The molecule has 84 valence electrons. The molecular weight excluding hydrogens is 212 g/mol. The lowest BCUT2D eigenvalue weighted by Crippen LogP contribution is -2.30. The van der Waals surface area contributed by atoms with Gasteiger partial charge in [0.2, 0.25) is 0 Å². The smallest absolute Gasteiger partial charge is 0.407 e. The molecule has 16 heavy (non-hydrogen) atoms. The number of fused-ring (bicyclic) bond motifs is 1. The second kappa shape index (κ2) is 4.18. The molecule has 0 aliphatic carbocycles. The van der Waals surface area contributed by atoms with E-state index in [9.17, 15) is 9.59 Å². The Labute approximate surface area is 91.5 Å². The zero-order valence-corrected chi connectivity index (χ0v) is 8.42. The maximum Gasteiger partial charge on any atom is 0.407 e. The third kappa shape index (κ3) is 1.81. The summed E-state index contributed by atoms with van der Waals surface area (Å²) in [5, 5.41) is 8.90. The van der Waals surface area contributed by atoms with Crippen molar-refractivity contribution >= 4 is 12.4 Å². The molecule has 0 aromatic carbocycles. The minimum Gasteiger partial charge on any atom is -0.491 e. The largest absolute Gasteiger partial charge is 0.491 e. The molecule has 1 amide bonds. The number of nitrogens with zero attached hydrogens (tertiary/aromatic N) is 2. The van der Waals surface area contributed by atoms with Crippen LogP contribution in [-0.2, 0) is 6.54 Å². The van der Waals surface area contributed by atoms with Gasteiger partial charge in [-0.15, -0.1) is 0 Å². The minimum absolute atomic E-state index is 0.194. The van der Waals surface area contributed by atoms with Crippen molar-refractivity contribution in [2.75, 3.05) is 13.2 Å². The Hall–Kier alpha value is -2.11. The highest BCUT2D eigenvalue weighted by molar-refractivity contribution is 5.79. The Bertz CT molecular complexity index is 433. The van der Waals surface area contributed by atoms with E-state index in [0.717, 1.165) is 0 Å². The van der Waals surface area contributed by atoms with Crippen molar-refractivity contribution in [3.8, 4) is 5.75 Å². The second-order valence-electron chi connectivity index (χ2n) is 3.39. The number of carboxylic acid groups (broad SMARTS) is 1. The van der Waals surface area contributed by atoms with Crippen molar-refractivity contribution in [2.45, 2.75) is 6.54 Å². The number of carbonyl (C=O) groups excluding carboxylic acids is 1. The SMILES string of the molecule is O=Cc1cncc2c1OCCN(C(=O)O)C2. The first-order valence-corrected chi connectivity index (χ1v) is 4.75. The van der Waals surface area contributed by atoms with Crippen LogP contribution in [0.15, 0.2) is 12.4 Å². The normalized spacial score (nSPS) is 14.6. The molecule has 1 aromatic rings. The number of rotatable bonds is 1. The summed E-state index contributed by atoms with van der Waals surface area (Å²) in [6.07, 6.45) is 2.57. The molecule has 0 fully saturated rings. The Morgan fingerprint density at radius 2 is 2.38 bits per heavy atom. The van der Waals surface area contributed by atoms with Gasteiger partial charge < -0.3 is 14.7 Å². The number of amides is 1. The van der Waals surface area contributed by atoms with Crippen molar-refractivity contribution in [2.24, 2.45) is 0 Å².